The van der Waals surface area contributed by atoms with E-state index in [-0.39, 0.29) is 11.5 Å². The van der Waals surface area contributed by atoms with Gasteiger partial charge in [0.2, 0.25) is 11.5 Å². The smallest absolute Gasteiger partial charge is 0.203 e. The lowest BCUT2D eigenvalue weighted by molar-refractivity contribution is 0.204. The molecule has 39 heavy (non-hydrogen) atoms. The van der Waals surface area contributed by atoms with Crippen molar-refractivity contribution in [1.29, 1.82) is 0 Å². The molecule has 1 aliphatic rings. The molecule has 1 unspecified atom stereocenters. The molecule has 8 nitrogen and oxygen atoms in total. The molecule has 0 fully saturated rings. The fourth-order valence-electron chi connectivity index (χ4n) is 4.43. The van der Waals surface area contributed by atoms with Crippen molar-refractivity contribution in [3.8, 4) is 34.5 Å². The molecule has 0 radical (unpaired) electrons. The molecule has 0 spiro atoms. The summed E-state index contributed by atoms with van der Waals surface area (Å²) in [6.45, 7) is 3.84. The monoisotopic (exact) mass is 538 g/mol. The number of benzene rings is 2. The third kappa shape index (κ3) is 5.65. The van der Waals surface area contributed by atoms with Crippen molar-refractivity contribution in [2.45, 2.75) is 20.3 Å². The highest BCUT2D eigenvalue weighted by molar-refractivity contribution is 5.66. The minimum atomic E-state index is -1.15. The summed E-state index contributed by atoms with van der Waals surface area (Å²) in [6.07, 6.45) is 11.7. The van der Waals surface area contributed by atoms with E-state index in [1.54, 1.807) is 79.1 Å². The molecule has 1 aliphatic carbocycles. The van der Waals surface area contributed by atoms with Crippen LogP contribution in [0.2, 0.25) is 0 Å². The summed E-state index contributed by atoms with van der Waals surface area (Å²) in [5.41, 5.74) is -0.349. The van der Waals surface area contributed by atoms with Crippen molar-refractivity contribution in [3.05, 3.63) is 71.2 Å². The van der Waals surface area contributed by atoms with E-state index in [1.807, 2.05) is 38.2 Å². The molecular formula is C31H38O8. The Bertz CT molecular complexity index is 1180. The molecule has 0 bridgehead atoms. The first-order valence-electron chi connectivity index (χ1n) is 12.5. The van der Waals surface area contributed by atoms with Gasteiger partial charge >= 0.3 is 0 Å². The van der Waals surface area contributed by atoms with Gasteiger partial charge < -0.3 is 38.6 Å². The van der Waals surface area contributed by atoms with Gasteiger partial charge in [-0.05, 0) is 48.7 Å². The summed E-state index contributed by atoms with van der Waals surface area (Å²) < 4.78 is 32.8. The van der Waals surface area contributed by atoms with Gasteiger partial charge in [0.05, 0.1) is 48.1 Å². The summed E-state index contributed by atoms with van der Waals surface area (Å²) in [5, 5.41) is 22.5. The molecule has 2 aromatic carbocycles. The van der Waals surface area contributed by atoms with Crippen molar-refractivity contribution in [3.63, 3.8) is 0 Å². The van der Waals surface area contributed by atoms with Crippen molar-refractivity contribution < 1.29 is 38.6 Å². The molecule has 0 heterocycles. The van der Waals surface area contributed by atoms with Crippen molar-refractivity contribution in [2.24, 2.45) is 10.8 Å². The van der Waals surface area contributed by atoms with Crippen LogP contribution >= 0.6 is 0 Å². The van der Waals surface area contributed by atoms with Crippen LogP contribution in [0.5, 0.6) is 34.5 Å². The zero-order valence-corrected chi connectivity index (χ0v) is 23.8. The van der Waals surface area contributed by atoms with Crippen LogP contribution in [0, 0.1) is 10.8 Å². The normalized spacial score (nSPS) is 18.5. The lowest BCUT2D eigenvalue weighted by atomic mass is 9.71. The topological polar surface area (TPSA) is 95.8 Å². The van der Waals surface area contributed by atoms with E-state index in [2.05, 4.69) is 0 Å². The Balaban J connectivity index is 2.18. The van der Waals surface area contributed by atoms with Gasteiger partial charge in [0, 0.05) is 5.41 Å². The molecule has 1 atom stereocenters. The quantitative estimate of drug-likeness (QED) is 0.303. The summed E-state index contributed by atoms with van der Waals surface area (Å²) in [7, 11) is 9.29. The van der Waals surface area contributed by atoms with Crippen LogP contribution in [0.15, 0.2) is 60.1 Å². The fraction of sp³-hybridized carbons (Fsp3) is 0.355. The second-order valence-corrected chi connectivity index (χ2v) is 9.32. The average Bonchev–Trinajstić information content (AvgIpc) is 2.97. The van der Waals surface area contributed by atoms with Crippen molar-refractivity contribution in [1.82, 2.24) is 0 Å². The highest BCUT2D eigenvalue weighted by Crippen LogP contribution is 2.47. The van der Waals surface area contributed by atoms with Gasteiger partial charge in [0.15, 0.2) is 23.0 Å². The van der Waals surface area contributed by atoms with E-state index in [9.17, 15) is 10.2 Å². The molecule has 0 amide bonds. The summed E-state index contributed by atoms with van der Waals surface area (Å²) in [6, 6.07) is 7.21. The second kappa shape index (κ2) is 12.1. The number of ether oxygens (including phenoxy) is 6. The minimum absolute atomic E-state index is 0.0865. The van der Waals surface area contributed by atoms with Gasteiger partial charge in [0.25, 0.3) is 0 Å². The third-order valence-corrected chi connectivity index (χ3v) is 7.11. The van der Waals surface area contributed by atoms with Gasteiger partial charge in [0.1, 0.15) is 11.5 Å². The number of aliphatic hydroxyl groups excluding tert-OH is 2. The van der Waals surface area contributed by atoms with Crippen LogP contribution < -0.4 is 28.4 Å². The molecule has 0 saturated carbocycles. The zero-order chi connectivity index (χ0) is 28.8. The second-order valence-electron chi connectivity index (χ2n) is 9.32. The molecule has 210 valence electrons. The third-order valence-electron chi connectivity index (χ3n) is 7.11. The largest absolute Gasteiger partial charge is 0.508 e. The maximum absolute atomic E-state index is 11.4. The fourth-order valence-corrected chi connectivity index (χ4v) is 4.43. The number of hydrogen-bond donors (Lipinski definition) is 2. The first-order valence-corrected chi connectivity index (χ1v) is 12.5. The Labute approximate surface area is 230 Å². The number of aliphatic hydroxyl groups is 2. The predicted molar refractivity (Wildman–Crippen MR) is 153 cm³/mol. The van der Waals surface area contributed by atoms with E-state index < -0.39 is 10.8 Å². The molecule has 0 saturated heterocycles. The van der Waals surface area contributed by atoms with Crippen LogP contribution in [-0.4, -0.2) is 52.9 Å². The lowest BCUT2D eigenvalue weighted by Gasteiger charge is -2.35. The van der Waals surface area contributed by atoms with Gasteiger partial charge in [-0.2, -0.15) is 0 Å². The zero-order valence-electron chi connectivity index (χ0n) is 23.8. The van der Waals surface area contributed by atoms with Crippen LogP contribution in [-0.2, 0) is 0 Å². The Kier molecular flexibility index (Phi) is 9.11. The molecule has 8 heteroatoms. The Morgan fingerprint density at radius 1 is 0.615 bits per heavy atom. The average molecular weight is 539 g/mol. The van der Waals surface area contributed by atoms with Crippen LogP contribution in [0.25, 0.3) is 12.2 Å². The van der Waals surface area contributed by atoms with E-state index in [1.165, 1.54) is 0 Å². The molecule has 2 aromatic rings. The van der Waals surface area contributed by atoms with Gasteiger partial charge in [-0.25, -0.2) is 0 Å². The summed E-state index contributed by atoms with van der Waals surface area (Å²) in [4.78, 5) is 0. The maximum atomic E-state index is 11.4. The minimum Gasteiger partial charge on any atom is -0.508 e. The van der Waals surface area contributed by atoms with Gasteiger partial charge in [-0.1, -0.05) is 43.4 Å². The number of hydrogen-bond acceptors (Lipinski definition) is 8. The highest BCUT2D eigenvalue weighted by Gasteiger charge is 2.40. The first-order chi connectivity index (χ1) is 18.6. The Morgan fingerprint density at radius 3 is 1.31 bits per heavy atom. The van der Waals surface area contributed by atoms with E-state index >= 15 is 0 Å². The molecule has 2 N–H and O–H groups in total. The predicted octanol–water partition coefficient (Wildman–Crippen LogP) is 6.76. The van der Waals surface area contributed by atoms with Crippen molar-refractivity contribution >= 4 is 12.2 Å². The maximum Gasteiger partial charge on any atom is 0.203 e. The highest BCUT2D eigenvalue weighted by atomic mass is 16.5. The first kappa shape index (κ1) is 29.4. The number of rotatable bonds is 11. The van der Waals surface area contributed by atoms with Crippen LogP contribution in [0.1, 0.15) is 31.4 Å². The molecule has 0 aromatic heterocycles. The van der Waals surface area contributed by atoms with Crippen LogP contribution in [0.4, 0.5) is 0 Å². The van der Waals surface area contributed by atoms with Crippen molar-refractivity contribution in [2.75, 3.05) is 42.7 Å². The van der Waals surface area contributed by atoms with Gasteiger partial charge in [-0.15, -0.1) is 0 Å². The van der Waals surface area contributed by atoms with Crippen LogP contribution in [0.3, 0.4) is 0 Å². The van der Waals surface area contributed by atoms with E-state index in [0.29, 0.717) is 40.9 Å². The van der Waals surface area contributed by atoms with Gasteiger partial charge in [-0.3, -0.25) is 0 Å². The Morgan fingerprint density at radius 2 is 1.00 bits per heavy atom. The standard InChI is InChI=1S/C31H38O8/c1-9-30(2)14-15-31(29(33)28(30)32,12-10-20-16-22(34-3)26(38-7)23(17-20)35-4)13-11-21-18-24(36-5)27(39-8)25(19-21)37-6/h10-19,32-33H,9H2,1-8H3/b12-10-,13-11-. The van der Waals surface area contributed by atoms with E-state index in [0.717, 1.165) is 11.1 Å². The summed E-state index contributed by atoms with van der Waals surface area (Å²) >= 11 is 0. The summed E-state index contributed by atoms with van der Waals surface area (Å²) in [5.74, 6) is 2.70. The van der Waals surface area contributed by atoms with E-state index in [4.69, 9.17) is 28.4 Å². The lowest BCUT2D eigenvalue weighted by Crippen LogP contribution is -2.29. The number of allylic oxidation sites excluding steroid dienone is 2. The molecule has 3 rings (SSSR count). The Hall–Kier alpha value is -4.20. The number of methoxy groups -OCH3 is 6. The SMILES string of the molecule is CCC1(C)C=CC(/C=C\c2cc(OC)c(OC)c(OC)c2)(/C=C\c2cc(OC)c(OC)c(OC)c2)C(O)=C1O. The molecular weight excluding hydrogens is 500 g/mol. The molecule has 0 aliphatic heterocycles.